The van der Waals surface area contributed by atoms with Crippen LogP contribution >= 0.6 is 0 Å². The Morgan fingerprint density at radius 2 is 0.918 bits per heavy atom. The lowest BCUT2D eigenvalue weighted by Crippen LogP contribution is -2.50. The summed E-state index contributed by atoms with van der Waals surface area (Å²) in [5.41, 5.74) is 2.35. The molecule has 2 aliphatic heterocycles. The predicted molar refractivity (Wildman–Crippen MR) is 318 cm³/mol. The Morgan fingerprint density at radius 1 is 0.529 bits per heavy atom. The van der Waals surface area contributed by atoms with Gasteiger partial charge in [0.15, 0.2) is 0 Å². The highest BCUT2D eigenvalue weighted by Gasteiger charge is 2.33. The first-order valence-electron chi connectivity index (χ1n) is 30.1. The summed E-state index contributed by atoms with van der Waals surface area (Å²) in [6, 6.07) is 14.9. The first kappa shape index (κ1) is 70.0. The van der Waals surface area contributed by atoms with Crippen molar-refractivity contribution in [3.05, 3.63) is 59.7 Å². The molecule has 0 saturated carbocycles. The van der Waals surface area contributed by atoms with Crippen LogP contribution in [0.25, 0.3) is 11.1 Å². The van der Waals surface area contributed by atoms with Crippen LogP contribution in [0.15, 0.2) is 48.5 Å². The van der Waals surface area contributed by atoms with Crippen LogP contribution in [0.5, 0.6) is 0 Å². The maximum absolute atomic E-state index is 13.3. The van der Waals surface area contributed by atoms with Crippen LogP contribution in [-0.4, -0.2) is 252 Å². The summed E-state index contributed by atoms with van der Waals surface area (Å²) < 4.78 is 45.1. The lowest BCUT2D eigenvalue weighted by atomic mass is 9.90. The number of alkyl carbamates (subject to hydrolysis) is 1. The molecule has 0 radical (unpaired) electrons. The van der Waals surface area contributed by atoms with Gasteiger partial charge < -0.3 is 58.5 Å². The number of hydrogen-bond donors (Lipinski definition) is 3. The van der Waals surface area contributed by atoms with Gasteiger partial charge in [0.05, 0.1) is 85.5 Å². The number of hydrogen-bond acceptors (Lipinski definition) is 19. The number of carbonyl (C=O) groups excluding carboxylic acids is 6. The van der Waals surface area contributed by atoms with Crippen molar-refractivity contribution in [1.29, 1.82) is 0 Å². The van der Waals surface area contributed by atoms with Crippen molar-refractivity contribution in [1.82, 2.24) is 35.1 Å². The van der Waals surface area contributed by atoms with Gasteiger partial charge in [0, 0.05) is 77.9 Å². The van der Waals surface area contributed by atoms with Gasteiger partial charge in [-0.1, -0.05) is 48.5 Å². The minimum absolute atomic E-state index is 0.0159. The minimum atomic E-state index is -1.13. The van der Waals surface area contributed by atoms with E-state index in [1.807, 2.05) is 130 Å². The van der Waals surface area contributed by atoms with Gasteiger partial charge >= 0.3 is 30.0 Å². The summed E-state index contributed by atoms with van der Waals surface area (Å²) >= 11 is 0. The maximum Gasteiger partial charge on any atom is 0.407 e. The highest BCUT2D eigenvalue weighted by Crippen LogP contribution is 2.44. The Bertz CT molecular complexity index is 2340. The Labute approximate surface area is 502 Å². The molecule has 23 nitrogen and oxygen atoms in total. The molecule has 3 amide bonds. The second kappa shape index (κ2) is 35.1. The van der Waals surface area contributed by atoms with Crippen molar-refractivity contribution in [2.75, 3.05) is 158 Å². The van der Waals surface area contributed by atoms with Crippen LogP contribution in [0.3, 0.4) is 0 Å². The number of nitrogens with zero attached hydrogens (tertiary/aromatic N) is 5. The summed E-state index contributed by atoms with van der Waals surface area (Å²) in [5, 5.41) is 15.4. The standard InChI is InChI=1S/C62H97N7O16/c1-60(2,3)83-55(72)42-66-26-24-65(25-27-67(43-56(73)84-61(4,5)6)29-31-68(30-28-66)44-57(74)85-62(7,8)9)41-53(70)63-21-33-79-35-37-81-39-38-80-36-34-78-32-20-54(71)69-22-18-46(19-23-69)40-52(58(75)76)64-59(77)82-45-51-49-16-12-10-14-47(49)48-15-11-13-17-50(48)51/h10-17,46,51-52H,18-45H2,1-9H3,(H,63,70)(H,64,77)(H,75,76)/t52-/m1/s1. The molecule has 23 heteroatoms. The van der Waals surface area contributed by atoms with E-state index in [9.17, 15) is 38.7 Å². The molecular formula is C62H97N7O16. The fourth-order valence-electron chi connectivity index (χ4n) is 10.2. The fourth-order valence-corrected chi connectivity index (χ4v) is 10.2. The molecule has 1 aliphatic carbocycles. The van der Waals surface area contributed by atoms with E-state index in [1.165, 1.54) is 0 Å². The van der Waals surface area contributed by atoms with Crippen LogP contribution in [0.1, 0.15) is 105 Å². The Morgan fingerprint density at radius 3 is 1.33 bits per heavy atom. The maximum atomic E-state index is 13.3. The monoisotopic (exact) mass is 1200 g/mol. The molecule has 476 valence electrons. The van der Waals surface area contributed by atoms with Gasteiger partial charge in [0.1, 0.15) is 29.5 Å². The quantitative estimate of drug-likeness (QED) is 0.0579. The first-order valence-corrected chi connectivity index (χ1v) is 30.1. The third kappa shape index (κ3) is 27.6. The number of piperidine rings is 1. The molecule has 3 aliphatic rings. The van der Waals surface area contributed by atoms with Gasteiger partial charge in [-0.3, -0.25) is 43.6 Å². The summed E-state index contributed by atoms with van der Waals surface area (Å²) in [4.78, 5) is 100. The topological polar surface area (TPSA) is 254 Å². The number of amides is 3. The largest absolute Gasteiger partial charge is 0.480 e. The second-order valence-electron chi connectivity index (χ2n) is 24.8. The zero-order chi connectivity index (χ0) is 62.0. The van der Waals surface area contributed by atoms with E-state index in [0.29, 0.717) is 118 Å². The molecule has 2 saturated heterocycles. The van der Waals surface area contributed by atoms with Crippen molar-refractivity contribution in [3.8, 4) is 11.1 Å². The van der Waals surface area contributed by atoms with E-state index in [2.05, 4.69) is 10.6 Å². The van der Waals surface area contributed by atoms with E-state index in [0.717, 1.165) is 22.3 Å². The van der Waals surface area contributed by atoms with E-state index in [4.69, 9.17) is 37.9 Å². The molecule has 2 aromatic carbocycles. The number of rotatable bonds is 29. The lowest BCUT2D eigenvalue weighted by molar-refractivity contribution is -0.158. The van der Waals surface area contributed by atoms with Gasteiger partial charge in [-0.2, -0.15) is 0 Å². The van der Waals surface area contributed by atoms with Crippen molar-refractivity contribution < 1.29 is 76.6 Å². The average molecular weight is 1200 g/mol. The van der Waals surface area contributed by atoms with E-state index >= 15 is 0 Å². The normalized spacial score (nSPS) is 16.9. The molecule has 2 heterocycles. The van der Waals surface area contributed by atoms with Crippen LogP contribution in [0, 0.1) is 5.92 Å². The highest BCUT2D eigenvalue weighted by molar-refractivity contribution is 5.81. The van der Waals surface area contributed by atoms with Crippen LogP contribution in [-0.2, 0) is 66.7 Å². The third-order valence-electron chi connectivity index (χ3n) is 14.2. The van der Waals surface area contributed by atoms with E-state index in [1.54, 1.807) is 4.90 Å². The molecule has 0 unspecified atom stereocenters. The molecule has 5 rings (SSSR count). The van der Waals surface area contributed by atoms with Gasteiger partial charge in [0.2, 0.25) is 11.8 Å². The van der Waals surface area contributed by atoms with Crippen LogP contribution in [0.2, 0.25) is 0 Å². The van der Waals surface area contributed by atoms with Crippen LogP contribution < -0.4 is 10.6 Å². The molecule has 2 aromatic rings. The third-order valence-corrected chi connectivity index (χ3v) is 14.2. The summed E-state index contributed by atoms with van der Waals surface area (Å²) in [7, 11) is 0. The number of carboxylic acid groups (broad SMARTS) is 1. The van der Waals surface area contributed by atoms with Gasteiger partial charge in [-0.05, 0) is 110 Å². The molecule has 3 N–H and O–H groups in total. The van der Waals surface area contributed by atoms with Gasteiger partial charge in [-0.25, -0.2) is 9.59 Å². The average Bonchev–Trinajstić information content (AvgIpc) is 2.30. The lowest BCUT2D eigenvalue weighted by Gasteiger charge is -2.34. The molecule has 0 bridgehead atoms. The summed E-state index contributed by atoms with van der Waals surface area (Å²) in [5.74, 6) is -2.60. The number of nitrogens with one attached hydrogen (secondary N) is 2. The molecule has 2 fully saturated rings. The number of fused-ring (bicyclic) bond motifs is 3. The highest BCUT2D eigenvalue weighted by atomic mass is 16.6. The SMILES string of the molecule is CC(C)(C)OC(=O)CN1CCN(CC(=O)NCCOCCOCCOCCOCCC(=O)N2CCC(C[C@@H](NC(=O)OCC3c4ccccc4-c4ccccc43)C(=O)O)CC2)CCN(CC(=O)OC(C)(C)C)CCN(CC(=O)OC(C)(C)C)CC1. The zero-order valence-corrected chi connectivity index (χ0v) is 52.0. The molecule has 1 atom stereocenters. The van der Waals surface area contributed by atoms with Crippen molar-refractivity contribution in [3.63, 3.8) is 0 Å². The van der Waals surface area contributed by atoms with Crippen LogP contribution in [0.4, 0.5) is 4.79 Å². The number of benzene rings is 2. The number of aliphatic carboxylic acids is 1. The summed E-state index contributed by atoms with van der Waals surface area (Å²) in [6.45, 7) is 23.9. The fraction of sp³-hybridized carbons (Fsp3) is 0.694. The Balaban J connectivity index is 0.912. The minimum Gasteiger partial charge on any atom is -0.480 e. The van der Waals surface area contributed by atoms with Gasteiger partial charge in [0.25, 0.3) is 0 Å². The smallest absolute Gasteiger partial charge is 0.407 e. The van der Waals surface area contributed by atoms with Gasteiger partial charge in [-0.15, -0.1) is 0 Å². The Hall–Kier alpha value is -5.79. The number of likely N-dealkylation sites (tertiary alicyclic amines) is 1. The Kier molecular flexibility index (Phi) is 28.9. The molecule has 85 heavy (non-hydrogen) atoms. The number of carbonyl (C=O) groups is 7. The van der Waals surface area contributed by atoms with Crippen molar-refractivity contribution >= 4 is 41.8 Å². The predicted octanol–water partition coefficient (Wildman–Crippen LogP) is 4.43. The number of ether oxygens (including phenoxy) is 8. The molecule has 0 aromatic heterocycles. The summed E-state index contributed by atoms with van der Waals surface area (Å²) in [6.07, 6.45) is 0.925. The molecular weight excluding hydrogens is 1100 g/mol. The van der Waals surface area contributed by atoms with Crippen molar-refractivity contribution in [2.24, 2.45) is 5.92 Å². The van der Waals surface area contributed by atoms with E-state index in [-0.39, 0.29) is 107 Å². The first-order chi connectivity index (χ1) is 40.3. The zero-order valence-electron chi connectivity index (χ0n) is 52.0. The van der Waals surface area contributed by atoms with E-state index < -0.39 is 34.9 Å². The second-order valence-corrected chi connectivity index (χ2v) is 24.8. The molecule has 0 spiro atoms. The number of carboxylic acids is 1. The number of esters is 3. The van der Waals surface area contributed by atoms with Crippen molar-refractivity contribution in [2.45, 2.75) is 117 Å².